The van der Waals surface area contributed by atoms with Crippen LogP contribution in [0.2, 0.25) is 0 Å². The molecule has 0 unspecified atom stereocenters. The third-order valence-electron chi connectivity index (χ3n) is 6.69. The van der Waals surface area contributed by atoms with Gasteiger partial charge in [0, 0.05) is 29.5 Å². The first-order valence-electron chi connectivity index (χ1n) is 13.3. The highest BCUT2D eigenvalue weighted by molar-refractivity contribution is 5.96. The molecule has 0 aliphatic carbocycles. The molecule has 2 N–H and O–H groups in total. The minimum Gasteiger partial charge on any atom is -0.459 e. The van der Waals surface area contributed by atoms with Gasteiger partial charge in [-0.3, -0.25) is 9.59 Å². The van der Waals surface area contributed by atoms with Gasteiger partial charge in [-0.1, -0.05) is 96.2 Å². The first kappa shape index (κ1) is 25.8. The number of hydrogen-bond acceptors (Lipinski definition) is 6. The largest absolute Gasteiger partial charge is 0.459 e. The number of carbonyl (C=O) groups is 2. The molecule has 41 heavy (non-hydrogen) atoms. The highest BCUT2D eigenvalue weighted by atomic mass is 16.5. The van der Waals surface area contributed by atoms with Gasteiger partial charge in [-0.2, -0.15) is 4.98 Å². The van der Waals surface area contributed by atoms with Gasteiger partial charge in [-0.15, -0.1) is 0 Å². The Balaban J connectivity index is 1.04. The minimum absolute atomic E-state index is 0.147. The van der Waals surface area contributed by atoms with Gasteiger partial charge in [0.25, 0.3) is 5.91 Å². The molecule has 4 aromatic carbocycles. The van der Waals surface area contributed by atoms with E-state index in [1.165, 1.54) is 0 Å². The molecule has 0 aliphatic rings. The van der Waals surface area contributed by atoms with Gasteiger partial charge < -0.3 is 19.6 Å². The average Bonchev–Trinajstić information content (AvgIpc) is 3.66. The lowest BCUT2D eigenvalue weighted by Crippen LogP contribution is -2.26. The second-order valence-corrected chi connectivity index (χ2v) is 9.41. The van der Waals surface area contributed by atoms with E-state index in [0.717, 1.165) is 33.2 Å². The Labute approximate surface area is 236 Å². The summed E-state index contributed by atoms with van der Waals surface area (Å²) < 4.78 is 11.2. The Morgan fingerprint density at radius 1 is 0.683 bits per heavy atom. The number of furan rings is 1. The van der Waals surface area contributed by atoms with Gasteiger partial charge in [0.05, 0.1) is 6.54 Å². The fourth-order valence-electron chi connectivity index (χ4n) is 4.66. The standard InChI is InChI=1S/C33H26N4O4/c38-31(25-17-15-23(16-18-25)22-9-3-1-4-10-22)34-20-19-29-36-33(41-37-29)32(39)35-21-28-30(24-11-5-2-6-12-24)26-13-7-8-14-27(26)40-28/h1-18H,19-21H2,(H,34,38)(H,35,39). The maximum Gasteiger partial charge on any atom is 0.315 e. The van der Waals surface area contributed by atoms with Gasteiger partial charge in [0.1, 0.15) is 11.3 Å². The SMILES string of the molecule is O=C(NCCc1noc(C(=O)NCc2oc3ccccc3c2-c2ccccc2)n1)c1ccc(-c2ccccc2)cc1. The molecular weight excluding hydrogens is 516 g/mol. The van der Waals surface area contributed by atoms with E-state index in [4.69, 9.17) is 8.94 Å². The number of benzene rings is 4. The molecule has 0 saturated carbocycles. The maximum absolute atomic E-state index is 12.8. The van der Waals surface area contributed by atoms with E-state index < -0.39 is 5.91 Å². The number of nitrogens with one attached hydrogen (secondary N) is 2. The van der Waals surface area contributed by atoms with E-state index in [-0.39, 0.29) is 18.3 Å². The first-order chi connectivity index (χ1) is 20.2. The van der Waals surface area contributed by atoms with Crippen LogP contribution in [-0.2, 0) is 13.0 Å². The molecule has 0 bridgehead atoms. The lowest BCUT2D eigenvalue weighted by Gasteiger charge is -2.05. The summed E-state index contributed by atoms with van der Waals surface area (Å²) in [7, 11) is 0. The summed E-state index contributed by atoms with van der Waals surface area (Å²) in [6, 6.07) is 35.0. The fraction of sp³-hybridized carbons (Fsp3) is 0.0909. The van der Waals surface area contributed by atoms with Gasteiger partial charge in [-0.25, -0.2) is 0 Å². The lowest BCUT2D eigenvalue weighted by molar-refractivity contribution is 0.0903. The minimum atomic E-state index is -0.509. The maximum atomic E-state index is 12.8. The number of hydrogen-bond donors (Lipinski definition) is 2. The molecule has 6 aromatic rings. The molecule has 2 heterocycles. The van der Waals surface area contributed by atoms with Crippen molar-refractivity contribution in [2.45, 2.75) is 13.0 Å². The number of para-hydroxylation sites is 1. The molecule has 2 aromatic heterocycles. The smallest absolute Gasteiger partial charge is 0.315 e. The van der Waals surface area contributed by atoms with Crippen molar-refractivity contribution in [3.8, 4) is 22.3 Å². The number of carbonyl (C=O) groups excluding carboxylic acids is 2. The third-order valence-corrected chi connectivity index (χ3v) is 6.69. The summed E-state index contributed by atoms with van der Waals surface area (Å²) in [6.45, 7) is 0.438. The molecular formula is C33H26N4O4. The molecule has 0 radical (unpaired) electrons. The van der Waals surface area contributed by atoms with E-state index in [9.17, 15) is 9.59 Å². The van der Waals surface area contributed by atoms with E-state index in [1.807, 2.05) is 97.1 Å². The van der Waals surface area contributed by atoms with Crippen LogP contribution in [-0.4, -0.2) is 28.5 Å². The van der Waals surface area contributed by atoms with Crippen LogP contribution >= 0.6 is 0 Å². The van der Waals surface area contributed by atoms with Gasteiger partial charge in [-0.05, 0) is 34.9 Å². The summed E-state index contributed by atoms with van der Waals surface area (Å²) in [5.41, 5.74) is 5.35. The van der Waals surface area contributed by atoms with Crippen LogP contribution < -0.4 is 10.6 Å². The Bertz CT molecular complexity index is 1790. The summed E-state index contributed by atoms with van der Waals surface area (Å²) in [6.07, 6.45) is 0.312. The highest BCUT2D eigenvalue weighted by Gasteiger charge is 2.19. The molecule has 0 saturated heterocycles. The molecule has 6 rings (SSSR count). The number of amides is 2. The number of rotatable bonds is 9. The molecule has 0 fully saturated rings. The van der Waals surface area contributed by atoms with Crippen molar-refractivity contribution in [1.29, 1.82) is 0 Å². The van der Waals surface area contributed by atoms with E-state index in [0.29, 0.717) is 30.1 Å². The van der Waals surface area contributed by atoms with Crippen molar-refractivity contribution in [2.24, 2.45) is 0 Å². The number of nitrogens with zero attached hydrogens (tertiary/aromatic N) is 2. The quantitative estimate of drug-likeness (QED) is 0.230. The Kier molecular flexibility index (Phi) is 7.36. The molecule has 8 nitrogen and oxygen atoms in total. The van der Waals surface area contributed by atoms with Crippen LogP contribution in [0.4, 0.5) is 0 Å². The molecule has 202 valence electrons. The fourth-order valence-corrected chi connectivity index (χ4v) is 4.66. The van der Waals surface area contributed by atoms with E-state index in [2.05, 4.69) is 20.8 Å². The van der Waals surface area contributed by atoms with Crippen LogP contribution in [0.5, 0.6) is 0 Å². The predicted molar refractivity (Wildman–Crippen MR) is 155 cm³/mol. The third kappa shape index (κ3) is 5.77. The topological polar surface area (TPSA) is 110 Å². The van der Waals surface area contributed by atoms with Gasteiger partial charge in [0.15, 0.2) is 5.82 Å². The van der Waals surface area contributed by atoms with Crippen molar-refractivity contribution < 1.29 is 18.5 Å². The van der Waals surface area contributed by atoms with Crippen molar-refractivity contribution in [3.05, 3.63) is 132 Å². The van der Waals surface area contributed by atoms with Crippen molar-refractivity contribution in [1.82, 2.24) is 20.8 Å². The molecule has 8 heteroatoms. The Hall–Kier alpha value is -5.50. The van der Waals surface area contributed by atoms with Crippen LogP contribution in [0.3, 0.4) is 0 Å². The van der Waals surface area contributed by atoms with Crippen LogP contribution in [0.25, 0.3) is 33.2 Å². The summed E-state index contributed by atoms with van der Waals surface area (Å²) in [4.78, 5) is 29.5. The molecule has 0 atom stereocenters. The first-order valence-corrected chi connectivity index (χ1v) is 13.3. The normalized spacial score (nSPS) is 10.9. The summed E-state index contributed by atoms with van der Waals surface area (Å²) in [5, 5.41) is 10.5. The van der Waals surface area contributed by atoms with Gasteiger partial charge in [0.2, 0.25) is 0 Å². The zero-order chi connectivity index (χ0) is 28.0. The van der Waals surface area contributed by atoms with Crippen molar-refractivity contribution in [2.75, 3.05) is 6.54 Å². The zero-order valence-corrected chi connectivity index (χ0v) is 22.0. The predicted octanol–water partition coefficient (Wildman–Crippen LogP) is 6.05. The molecule has 2 amide bonds. The average molecular weight is 543 g/mol. The van der Waals surface area contributed by atoms with Crippen LogP contribution in [0.1, 0.15) is 32.6 Å². The van der Waals surface area contributed by atoms with E-state index >= 15 is 0 Å². The van der Waals surface area contributed by atoms with Crippen molar-refractivity contribution in [3.63, 3.8) is 0 Å². The monoisotopic (exact) mass is 542 g/mol. The Morgan fingerprint density at radius 3 is 2.10 bits per heavy atom. The zero-order valence-electron chi connectivity index (χ0n) is 22.0. The van der Waals surface area contributed by atoms with Crippen molar-refractivity contribution >= 4 is 22.8 Å². The number of fused-ring (bicyclic) bond motifs is 1. The van der Waals surface area contributed by atoms with Crippen LogP contribution in [0.15, 0.2) is 118 Å². The number of aromatic nitrogens is 2. The molecule has 0 spiro atoms. The molecule has 0 aliphatic heterocycles. The highest BCUT2D eigenvalue weighted by Crippen LogP contribution is 2.34. The lowest BCUT2D eigenvalue weighted by atomic mass is 10.0. The second-order valence-electron chi connectivity index (χ2n) is 9.41. The summed E-state index contributed by atoms with van der Waals surface area (Å²) in [5.74, 6) is 0.0886. The van der Waals surface area contributed by atoms with Crippen LogP contribution in [0, 0.1) is 0 Å². The van der Waals surface area contributed by atoms with Gasteiger partial charge >= 0.3 is 11.8 Å². The second kappa shape index (κ2) is 11.7. The van der Waals surface area contributed by atoms with E-state index in [1.54, 1.807) is 12.1 Å². The Morgan fingerprint density at radius 2 is 1.34 bits per heavy atom. The summed E-state index contributed by atoms with van der Waals surface area (Å²) >= 11 is 0.